The van der Waals surface area contributed by atoms with E-state index in [4.69, 9.17) is 9.47 Å². The molecule has 1 aliphatic heterocycles. The molecule has 1 aliphatic rings. The van der Waals surface area contributed by atoms with Crippen molar-refractivity contribution >= 4 is 17.3 Å². The molecule has 0 atom stereocenters. The van der Waals surface area contributed by atoms with E-state index in [-0.39, 0.29) is 30.1 Å². The number of carbonyl (C=O) groups excluding carboxylic acids is 2. The van der Waals surface area contributed by atoms with Crippen molar-refractivity contribution in [3.63, 3.8) is 0 Å². The Bertz CT molecular complexity index is 1100. The number of aromatic nitrogens is 2. The average molecular weight is 394 g/mol. The van der Waals surface area contributed by atoms with Crippen LogP contribution in [0, 0.1) is 0 Å². The molecular weight excluding hydrogens is 372 g/mol. The van der Waals surface area contributed by atoms with Gasteiger partial charge in [0.15, 0.2) is 17.2 Å². The molecule has 150 valence electrons. The highest BCUT2D eigenvalue weighted by atomic mass is 16.7. The zero-order valence-corrected chi connectivity index (χ0v) is 16.5. The van der Waals surface area contributed by atoms with Crippen molar-refractivity contribution in [1.29, 1.82) is 0 Å². The lowest BCUT2D eigenvalue weighted by atomic mass is 10.1. The summed E-state index contributed by atoms with van der Waals surface area (Å²) in [4.78, 5) is 29.8. The van der Waals surface area contributed by atoms with E-state index < -0.39 is 5.54 Å². The molecule has 1 aromatic carbocycles. The van der Waals surface area contributed by atoms with Gasteiger partial charge in [-0.1, -0.05) is 12.1 Å². The zero-order chi connectivity index (χ0) is 20.6. The Morgan fingerprint density at radius 2 is 1.90 bits per heavy atom. The number of ether oxygens (including phenoxy) is 2. The van der Waals surface area contributed by atoms with Crippen LogP contribution in [0.5, 0.6) is 11.5 Å². The third-order valence-corrected chi connectivity index (χ3v) is 4.35. The highest BCUT2D eigenvalue weighted by Gasteiger charge is 2.24. The van der Waals surface area contributed by atoms with Crippen LogP contribution in [0.2, 0.25) is 0 Å². The fourth-order valence-corrected chi connectivity index (χ4v) is 3.08. The van der Waals surface area contributed by atoms with E-state index >= 15 is 0 Å². The van der Waals surface area contributed by atoms with Crippen molar-refractivity contribution in [2.75, 3.05) is 6.79 Å². The van der Waals surface area contributed by atoms with Crippen molar-refractivity contribution in [1.82, 2.24) is 20.0 Å². The Hall–Kier alpha value is -3.55. The van der Waals surface area contributed by atoms with Crippen LogP contribution in [0.15, 0.2) is 42.6 Å². The van der Waals surface area contributed by atoms with E-state index in [9.17, 15) is 9.59 Å². The van der Waals surface area contributed by atoms with E-state index in [0.717, 1.165) is 5.56 Å². The summed E-state index contributed by atoms with van der Waals surface area (Å²) in [5.41, 5.74) is 1.22. The number of carbonyl (C=O) groups is 2. The number of hydrogen-bond acceptors (Lipinski definition) is 5. The molecule has 2 amide bonds. The molecule has 3 heterocycles. The van der Waals surface area contributed by atoms with Crippen LogP contribution in [0.4, 0.5) is 0 Å². The third kappa shape index (κ3) is 3.87. The summed E-state index contributed by atoms with van der Waals surface area (Å²) in [6.45, 7) is 6.16. The molecule has 0 unspecified atom stereocenters. The molecule has 0 radical (unpaired) electrons. The maximum Gasteiger partial charge on any atom is 0.288 e. The number of pyridine rings is 1. The quantitative estimate of drug-likeness (QED) is 0.709. The molecule has 0 saturated heterocycles. The second-order valence-corrected chi connectivity index (χ2v) is 7.81. The zero-order valence-electron chi connectivity index (χ0n) is 16.5. The molecule has 3 aromatic rings. The Kier molecular flexibility index (Phi) is 4.62. The number of hydrogen-bond donors (Lipinski definition) is 2. The van der Waals surface area contributed by atoms with Crippen molar-refractivity contribution in [3.05, 3.63) is 59.7 Å². The summed E-state index contributed by atoms with van der Waals surface area (Å²) >= 11 is 0. The summed E-state index contributed by atoms with van der Waals surface area (Å²) in [6, 6.07) is 10.9. The van der Waals surface area contributed by atoms with Gasteiger partial charge in [-0.05, 0) is 50.6 Å². The van der Waals surface area contributed by atoms with Gasteiger partial charge in [-0.15, -0.1) is 0 Å². The first kappa shape index (κ1) is 18.8. The topological polar surface area (TPSA) is 94.0 Å². The summed E-state index contributed by atoms with van der Waals surface area (Å²) in [5.74, 6) is 0.818. The molecule has 0 aliphatic carbocycles. The van der Waals surface area contributed by atoms with Gasteiger partial charge in [-0.3, -0.25) is 14.0 Å². The minimum Gasteiger partial charge on any atom is -0.454 e. The summed E-state index contributed by atoms with van der Waals surface area (Å²) in [6.07, 6.45) is 1.72. The molecule has 8 nitrogen and oxygen atoms in total. The number of imidazole rings is 1. The van der Waals surface area contributed by atoms with Gasteiger partial charge < -0.3 is 20.1 Å². The standard InChI is InChI=1S/C21H22N4O4/c1-21(2,3)24-20(27)18-23-17(14-6-4-5-9-25(14)18)19(26)22-11-13-7-8-15-16(10-13)29-12-28-15/h4-10H,11-12H2,1-3H3,(H,22,26)(H,24,27). The minimum absolute atomic E-state index is 0.170. The number of rotatable bonds is 4. The smallest absolute Gasteiger partial charge is 0.288 e. The van der Waals surface area contributed by atoms with Gasteiger partial charge in [0.05, 0.1) is 5.52 Å². The predicted molar refractivity (Wildman–Crippen MR) is 106 cm³/mol. The number of benzene rings is 1. The molecule has 0 saturated carbocycles. The fourth-order valence-electron chi connectivity index (χ4n) is 3.08. The first-order valence-electron chi connectivity index (χ1n) is 9.28. The average Bonchev–Trinajstić information content (AvgIpc) is 3.29. The monoisotopic (exact) mass is 394 g/mol. The largest absolute Gasteiger partial charge is 0.454 e. The number of fused-ring (bicyclic) bond motifs is 2. The van der Waals surface area contributed by atoms with Crippen LogP contribution >= 0.6 is 0 Å². The van der Waals surface area contributed by atoms with Crippen LogP contribution in [0.3, 0.4) is 0 Å². The highest BCUT2D eigenvalue weighted by molar-refractivity contribution is 6.02. The molecule has 0 spiro atoms. The highest BCUT2D eigenvalue weighted by Crippen LogP contribution is 2.32. The van der Waals surface area contributed by atoms with Crippen LogP contribution in [-0.4, -0.2) is 33.5 Å². The van der Waals surface area contributed by atoms with Crippen LogP contribution in [-0.2, 0) is 6.54 Å². The lowest BCUT2D eigenvalue weighted by Gasteiger charge is -2.19. The van der Waals surface area contributed by atoms with Crippen LogP contribution in [0.1, 0.15) is 47.4 Å². The van der Waals surface area contributed by atoms with E-state index in [1.165, 1.54) is 0 Å². The summed E-state index contributed by atoms with van der Waals surface area (Å²) < 4.78 is 12.3. The van der Waals surface area contributed by atoms with Crippen molar-refractivity contribution < 1.29 is 19.1 Å². The number of nitrogens with one attached hydrogen (secondary N) is 2. The van der Waals surface area contributed by atoms with Crippen molar-refractivity contribution in [2.24, 2.45) is 0 Å². The normalized spacial score (nSPS) is 12.8. The Morgan fingerprint density at radius 1 is 1.10 bits per heavy atom. The van der Waals surface area contributed by atoms with Crippen LogP contribution in [0.25, 0.3) is 5.52 Å². The number of nitrogens with zero attached hydrogens (tertiary/aromatic N) is 2. The maximum absolute atomic E-state index is 12.8. The molecule has 2 N–H and O–H groups in total. The Morgan fingerprint density at radius 3 is 2.69 bits per heavy atom. The molecule has 0 fully saturated rings. The van der Waals surface area contributed by atoms with Crippen LogP contribution < -0.4 is 20.1 Å². The maximum atomic E-state index is 12.8. The summed E-state index contributed by atoms with van der Waals surface area (Å²) in [7, 11) is 0. The van der Waals surface area contributed by atoms with Gasteiger partial charge in [-0.2, -0.15) is 0 Å². The first-order chi connectivity index (χ1) is 13.8. The second kappa shape index (κ2) is 7.12. The number of amides is 2. The van der Waals surface area contributed by atoms with E-state index in [0.29, 0.717) is 23.6 Å². The molecule has 8 heteroatoms. The molecule has 4 rings (SSSR count). The lowest BCUT2D eigenvalue weighted by molar-refractivity contribution is 0.0908. The Labute approximate surface area is 167 Å². The lowest BCUT2D eigenvalue weighted by Crippen LogP contribution is -2.41. The van der Waals surface area contributed by atoms with Gasteiger partial charge in [0, 0.05) is 18.3 Å². The van der Waals surface area contributed by atoms with Gasteiger partial charge in [-0.25, -0.2) is 4.98 Å². The summed E-state index contributed by atoms with van der Waals surface area (Å²) in [5, 5.41) is 5.74. The van der Waals surface area contributed by atoms with Gasteiger partial charge in [0.2, 0.25) is 12.6 Å². The minimum atomic E-state index is -0.417. The van der Waals surface area contributed by atoms with Crippen molar-refractivity contribution in [2.45, 2.75) is 32.9 Å². The predicted octanol–water partition coefficient (Wildman–Crippen LogP) is 2.52. The molecule has 2 aromatic heterocycles. The van der Waals surface area contributed by atoms with E-state index in [2.05, 4.69) is 15.6 Å². The third-order valence-electron chi connectivity index (χ3n) is 4.35. The fraction of sp³-hybridized carbons (Fsp3) is 0.286. The second-order valence-electron chi connectivity index (χ2n) is 7.81. The van der Waals surface area contributed by atoms with Gasteiger partial charge in [0.25, 0.3) is 11.8 Å². The molecule has 29 heavy (non-hydrogen) atoms. The Balaban J connectivity index is 1.57. The van der Waals surface area contributed by atoms with Gasteiger partial charge >= 0.3 is 0 Å². The van der Waals surface area contributed by atoms with E-state index in [1.807, 2.05) is 39.0 Å². The van der Waals surface area contributed by atoms with Gasteiger partial charge in [0.1, 0.15) is 0 Å². The van der Waals surface area contributed by atoms with Crippen molar-refractivity contribution in [3.8, 4) is 11.5 Å². The molecular formula is C21H22N4O4. The molecule has 0 bridgehead atoms. The van der Waals surface area contributed by atoms with E-state index in [1.54, 1.807) is 28.8 Å². The SMILES string of the molecule is CC(C)(C)NC(=O)c1nc(C(=O)NCc2ccc3c(c2)OCO3)c2ccccn12. The first-order valence-corrected chi connectivity index (χ1v) is 9.28.